The maximum absolute atomic E-state index is 12.0. The lowest BCUT2D eigenvalue weighted by Gasteiger charge is -2.16. The Balaban J connectivity index is 2.95. The molecule has 1 amide bonds. The van der Waals surface area contributed by atoms with Crippen molar-refractivity contribution in [1.29, 1.82) is 0 Å². The van der Waals surface area contributed by atoms with Crippen LogP contribution in [0.2, 0.25) is 5.02 Å². The molecular weight excluding hydrogens is 242 g/mol. The molecule has 1 aromatic rings. The Morgan fingerprint density at radius 1 is 1.59 bits per heavy atom. The number of carbonyl (C=O) groups excluding carboxylic acids is 1. The van der Waals surface area contributed by atoms with Crippen LogP contribution in [0.25, 0.3) is 0 Å². The highest BCUT2D eigenvalue weighted by molar-refractivity contribution is 6.34. The van der Waals surface area contributed by atoms with Crippen LogP contribution in [-0.2, 0) is 0 Å². The molecule has 0 aliphatic heterocycles. The first-order valence-corrected chi connectivity index (χ1v) is 5.76. The molecule has 1 unspecified atom stereocenters. The van der Waals surface area contributed by atoms with Crippen LogP contribution in [0.15, 0.2) is 18.2 Å². The molecule has 0 heterocycles. The number of carbonyl (C=O) groups is 1. The third-order valence-electron chi connectivity index (χ3n) is 2.47. The van der Waals surface area contributed by atoms with Crippen LogP contribution in [0.4, 0.5) is 0 Å². The fourth-order valence-corrected chi connectivity index (χ4v) is 1.68. The summed E-state index contributed by atoms with van der Waals surface area (Å²) in [7, 11) is 1.48. The maximum Gasteiger partial charge on any atom is 0.256 e. The molecule has 17 heavy (non-hydrogen) atoms. The molecule has 0 aliphatic rings. The van der Waals surface area contributed by atoms with Crippen molar-refractivity contribution >= 4 is 17.5 Å². The Bertz CT molecular complexity index is 391. The average Bonchev–Trinajstić information content (AvgIpc) is 2.35. The van der Waals surface area contributed by atoms with E-state index in [0.717, 1.165) is 0 Å². The number of hydrogen-bond acceptors (Lipinski definition) is 3. The molecule has 5 heteroatoms. The van der Waals surface area contributed by atoms with Gasteiger partial charge in [-0.2, -0.15) is 0 Å². The molecule has 0 radical (unpaired) electrons. The lowest BCUT2D eigenvalue weighted by Crippen LogP contribution is -2.37. The van der Waals surface area contributed by atoms with E-state index >= 15 is 0 Å². The van der Waals surface area contributed by atoms with Crippen molar-refractivity contribution < 1.29 is 14.6 Å². The first kappa shape index (κ1) is 13.8. The molecule has 0 saturated heterocycles. The number of benzene rings is 1. The number of methoxy groups -OCH3 is 1. The Labute approximate surface area is 106 Å². The second-order valence-corrected chi connectivity index (χ2v) is 3.99. The molecule has 0 saturated carbocycles. The predicted octanol–water partition coefficient (Wildman–Crippen LogP) is 1.85. The van der Waals surface area contributed by atoms with Crippen LogP contribution < -0.4 is 10.1 Å². The highest BCUT2D eigenvalue weighted by Gasteiger charge is 2.18. The van der Waals surface area contributed by atoms with Crippen molar-refractivity contribution in [3.63, 3.8) is 0 Å². The van der Waals surface area contributed by atoms with Gasteiger partial charge in [-0.1, -0.05) is 24.6 Å². The number of nitrogens with one attached hydrogen (secondary N) is 1. The Kier molecular flexibility index (Phi) is 5.25. The van der Waals surface area contributed by atoms with E-state index in [-0.39, 0.29) is 18.6 Å². The molecule has 0 fully saturated rings. The monoisotopic (exact) mass is 257 g/mol. The van der Waals surface area contributed by atoms with E-state index in [0.29, 0.717) is 22.8 Å². The molecule has 4 nitrogen and oxygen atoms in total. The molecule has 1 atom stereocenters. The van der Waals surface area contributed by atoms with Gasteiger partial charge in [0.25, 0.3) is 5.91 Å². The van der Waals surface area contributed by atoms with Crippen LogP contribution in [-0.4, -0.2) is 30.8 Å². The number of ether oxygens (including phenoxy) is 1. The molecule has 94 valence electrons. The van der Waals surface area contributed by atoms with E-state index < -0.39 is 0 Å². The zero-order valence-electron chi connectivity index (χ0n) is 9.87. The second kappa shape index (κ2) is 6.47. The fourth-order valence-electron chi connectivity index (χ4n) is 1.43. The molecule has 0 bridgehead atoms. The molecule has 2 N–H and O–H groups in total. The van der Waals surface area contributed by atoms with Gasteiger partial charge in [0.2, 0.25) is 0 Å². The van der Waals surface area contributed by atoms with Gasteiger partial charge in [-0.3, -0.25) is 4.79 Å². The maximum atomic E-state index is 12.0. The summed E-state index contributed by atoms with van der Waals surface area (Å²) in [6.07, 6.45) is 0.648. The van der Waals surface area contributed by atoms with E-state index in [1.165, 1.54) is 7.11 Å². The third kappa shape index (κ3) is 3.35. The molecular formula is C12H16ClNO3. The molecule has 0 aromatic heterocycles. The van der Waals surface area contributed by atoms with Crippen molar-refractivity contribution in [2.24, 2.45) is 0 Å². The normalized spacial score (nSPS) is 12.0. The number of hydrogen-bond donors (Lipinski definition) is 2. The molecule has 0 aliphatic carbocycles. The summed E-state index contributed by atoms with van der Waals surface area (Å²) in [6.45, 7) is 1.78. The zero-order valence-corrected chi connectivity index (χ0v) is 10.6. The lowest BCUT2D eigenvalue weighted by atomic mass is 10.1. The Morgan fingerprint density at radius 2 is 2.29 bits per heavy atom. The molecule has 1 rings (SSSR count). The summed E-state index contributed by atoms with van der Waals surface area (Å²) >= 11 is 5.97. The van der Waals surface area contributed by atoms with Gasteiger partial charge in [0.05, 0.1) is 30.3 Å². The largest absolute Gasteiger partial charge is 0.496 e. The summed E-state index contributed by atoms with van der Waals surface area (Å²) in [5.74, 6) is 0.0798. The highest BCUT2D eigenvalue weighted by atomic mass is 35.5. The Morgan fingerprint density at radius 3 is 2.82 bits per heavy atom. The number of aliphatic hydroxyl groups excluding tert-OH is 1. The lowest BCUT2D eigenvalue weighted by molar-refractivity contribution is 0.0912. The van der Waals surface area contributed by atoms with Crippen LogP contribution in [0.3, 0.4) is 0 Å². The summed E-state index contributed by atoms with van der Waals surface area (Å²) in [6, 6.07) is 4.73. The van der Waals surface area contributed by atoms with Crippen LogP contribution in [0.5, 0.6) is 5.75 Å². The van der Waals surface area contributed by atoms with Crippen molar-refractivity contribution in [2.45, 2.75) is 19.4 Å². The minimum Gasteiger partial charge on any atom is -0.496 e. The van der Waals surface area contributed by atoms with E-state index in [1.54, 1.807) is 18.2 Å². The average molecular weight is 258 g/mol. The SMILES string of the molecule is CCC(CO)NC(=O)c1c(Cl)cccc1OC. The van der Waals surface area contributed by atoms with E-state index in [9.17, 15) is 4.79 Å². The van der Waals surface area contributed by atoms with Crippen molar-refractivity contribution in [3.8, 4) is 5.75 Å². The first-order chi connectivity index (χ1) is 8.13. The van der Waals surface area contributed by atoms with E-state index in [2.05, 4.69) is 5.32 Å². The minimum atomic E-state index is -0.339. The van der Waals surface area contributed by atoms with E-state index in [1.807, 2.05) is 6.92 Å². The van der Waals surface area contributed by atoms with Crippen LogP contribution >= 0.6 is 11.6 Å². The van der Waals surface area contributed by atoms with Gasteiger partial charge in [0, 0.05) is 0 Å². The van der Waals surface area contributed by atoms with Gasteiger partial charge in [0.15, 0.2) is 0 Å². The third-order valence-corrected chi connectivity index (χ3v) is 2.79. The minimum absolute atomic E-state index is 0.102. The summed E-state index contributed by atoms with van der Waals surface area (Å²) in [4.78, 5) is 12.0. The fraction of sp³-hybridized carbons (Fsp3) is 0.417. The van der Waals surface area contributed by atoms with E-state index in [4.69, 9.17) is 21.4 Å². The van der Waals surface area contributed by atoms with Gasteiger partial charge in [-0.05, 0) is 18.6 Å². The van der Waals surface area contributed by atoms with Gasteiger partial charge in [0.1, 0.15) is 5.75 Å². The highest BCUT2D eigenvalue weighted by Crippen LogP contribution is 2.26. The van der Waals surface area contributed by atoms with Gasteiger partial charge in [-0.25, -0.2) is 0 Å². The van der Waals surface area contributed by atoms with Crippen molar-refractivity contribution in [1.82, 2.24) is 5.32 Å². The van der Waals surface area contributed by atoms with Crippen LogP contribution in [0.1, 0.15) is 23.7 Å². The molecule has 1 aromatic carbocycles. The predicted molar refractivity (Wildman–Crippen MR) is 66.6 cm³/mol. The zero-order chi connectivity index (χ0) is 12.8. The number of rotatable bonds is 5. The van der Waals surface area contributed by atoms with Gasteiger partial charge < -0.3 is 15.2 Å². The Hall–Kier alpha value is -1.26. The van der Waals surface area contributed by atoms with Gasteiger partial charge in [-0.15, -0.1) is 0 Å². The van der Waals surface area contributed by atoms with Crippen molar-refractivity contribution in [3.05, 3.63) is 28.8 Å². The summed E-state index contributed by atoms with van der Waals surface area (Å²) in [5.41, 5.74) is 0.295. The van der Waals surface area contributed by atoms with Crippen LogP contribution in [0, 0.1) is 0 Å². The van der Waals surface area contributed by atoms with Crippen molar-refractivity contribution in [2.75, 3.05) is 13.7 Å². The quantitative estimate of drug-likeness (QED) is 0.846. The number of aliphatic hydroxyl groups is 1. The molecule has 0 spiro atoms. The first-order valence-electron chi connectivity index (χ1n) is 5.38. The number of amides is 1. The summed E-state index contributed by atoms with van der Waals surface area (Å²) < 4.78 is 5.09. The topological polar surface area (TPSA) is 58.6 Å². The summed E-state index contributed by atoms with van der Waals surface area (Å²) in [5, 5.41) is 12.1. The second-order valence-electron chi connectivity index (χ2n) is 3.58. The van der Waals surface area contributed by atoms with Gasteiger partial charge >= 0.3 is 0 Å². The smallest absolute Gasteiger partial charge is 0.256 e. The number of halogens is 1. The standard InChI is InChI=1S/C12H16ClNO3/c1-3-8(7-15)14-12(16)11-9(13)5-4-6-10(11)17-2/h4-6,8,15H,3,7H2,1-2H3,(H,14,16).